The first kappa shape index (κ1) is 21.8. The number of carbonyl (C=O) groups excluding carboxylic acids is 2. The van der Waals surface area contributed by atoms with E-state index in [1.807, 2.05) is 0 Å². The van der Waals surface area contributed by atoms with Crippen LogP contribution in [0.2, 0.25) is 10.0 Å². The van der Waals surface area contributed by atoms with Gasteiger partial charge in [-0.2, -0.15) is 0 Å². The molecule has 0 N–H and O–H groups in total. The molecule has 0 radical (unpaired) electrons. The van der Waals surface area contributed by atoms with Crippen LogP contribution in [0, 0.1) is 0 Å². The Morgan fingerprint density at radius 3 is 2.19 bits per heavy atom. The molecule has 0 amide bonds. The summed E-state index contributed by atoms with van der Waals surface area (Å²) in [5.74, 6) is -1.23. The van der Waals surface area contributed by atoms with Crippen LogP contribution >= 0.6 is 23.2 Å². The van der Waals surface area contributed by atoms with Gasteiger partial charge in [0.2, 0.25) is 5.78 Å². The Morgan fingerprint density at radius 2 is 1.50 bits per heavy atom. The SMILES string of the molecule is Cn1c(C(=O)OCC(=O)c2ccccc2Cl)c(-c2ccc(Cl)cc2)c2ccccc2c1=O. The van der Waals surface area contributed by atoms with Crippen molar-refractivity contribution in [2.75, 3.05) is 6.61 Å². The average molecular weight is 466 g/mol. The number of halogens is 2. The second-order valence-corrected chi connectivity index (χ2v) is 7.96. The van der Waals surface area contributed by atoms with E-state index < -0.39 is 18.4 Å². The number of hydrogen-bond donors (Lipinski definition) is 0. The molecule has 0 spiro atoms. The summed E-state index contributed by atoms with van der Waals surface area (Å²) in [6.07, 6.45) is 0. The number of esters is 1. The molecule has 0 bridgehead atoms. The van der Waals surface area contributed by atoms with Crippen LogP contribution in [0.1, 0.15) is 20.8 Å². The number of nitrogens with zero attached hydrogens (tertiary/aromatic N) is 1. The van der Waals surface area contributed by atoms with Crippen LogP contribution < -0.4 is 5.56 Å². The zero-order valence-corrected chi connectivity index (χ0v) is 18.5. The molecule has 0 fully saturated rings. The maximum atomic E-state index is 13.1. The van der Waals surface area contributed by atoms with Crippen molar-refractivity contribution < 1.29 is 14.3 Å². The summed E-state index contributed by atoms with van der Waals surface area (Å²) in [7, 11) is 1.50. The minimum atomic E-state index is -0.791. The van der Waals surface area contributed by atoms with Crippen LogP contribution in [0.3, 0.4) is 0 Å². The van der Waals surface area contributed by atoms with Crippen LogP contribution in [0.15, 0.2) is 77.6 Å². The first-order valence-corrected chi connectivity index (χ1v) is 10.5. The Hall–Kier alpha value is -3.41. The number of ketones is 1. The predicted molar refractivity (Wildman–Crippen MR) is 126 cm³/mol. The number of rotatable bonds is 5. The van der Waals surface area contributed by atoms with Gasteiger partial charge in [-0.25, -0.2) is 4.79 Å². The molecule has 4 rings (SSSR count). The Morgan fingerprint density at radius 1 is 0.875 bits per heavy atom. The maximum absolute atomic E-state index is 13.1. The number of carbonyl (C=O) groups is 2. The molecule has 7 heteroatoms. The fraction of sp³-hybridized carbons (Fsp3) is 0.0800. The minimum Gasteiger partial charge on any atom is -0.453 e. The normalized spacial score (nSPS) is 10.8. The van der Waals surface area contributed by atoms with Gasteiger partial charge in [0.25, 0.3) is 5.56 Å². The van der Waals surface area contributed by atoms with Gasteiger partial charge in [-0.15, -0.1) is 0 Å². The van der Waals surface area contributed by atoms with Crippen molar-refractivity contribution in [3.63, 3.8) is 0 Å². The van der Waals surface area contributed by atoms with Crippen molar-refractivity contribution in [3.05, 3.63) is 104 Å². The van der Waals surface area contributed by atoms with Gasteiger partial charge < -0.3 is 9.30 Å². The topological polar surface area (TPSA) is 65.4 Å². The van der Waals surface area contributed by atoms with Crippen LogP contribution in [-0.2, 0) is 11.8 Å². The molecule has 0 saturated carbocycles. The number of benzene rings is 3. The summed E-state index contributed by atoms with van der Waals surface area (Å²) in [4.78, 5) is 38.6. The second-order valence-electron chi connectivity index (χ2n) is 7.12. The van der Waals surface area contributed by atoms with Crippen molar-refractivity contribution in [3.8, 4) is 11.1 Å². The molecule has 0 aliphatic rings. The van der Waals surface area contributed by atoms with E-state index in [2.05, 4.69) is 0 Å². The first-order chi connectivity index (χ1) is 15.4. The first-order valence-electron chi connectivity index (χ1n) is 9.71. The van der Waals surface area contributed by atoms with E-state index in [1.165, 1.54) is 11.6 Å². The van der Waals surface area contributed by atoms with Crippen molar-refractivity contribution in [1.29, 1.82) is 0 Å². The van der Waals surface area contributed by atoms with Crippen molar-refractivity contribution in [1.82, 2.24) is 4.57 Å². The highest BCUT2D eigenvalue weighted by atomic mass is 35.5. The molecule has 0 aliphatic heterocycles. The van der Waals surface area contributed by atoms with Gasteiger partial charge in [0, 0.05) is 28.6 Å². The number of fused-ring (bicyclic) bond motifs is 1. The number of ether oxygens (including phenoxy) is 1. The third-order valence-corrected chi connectivity index (χ3v) is 5.72. The lowest BCUT2D eigenvalue weighted by atomic mass is 9.97. The Bertz CT molecular complexity index is 1410. The monoisotopic (exact) mass is 465 g/mol. The quantitative estimate of drug-likeness (QED) is 0.286. The number of pyridine rings is 1. The van der Waals surface area contributed by atoms with E-state index in [0.717, 1.165) is 0 Å². The summed E-state index contributed by atoms with van der Waals surface area (Å²) in [5.41, 5.74) is 1.16. The third-order valence-electron chi connectivity index (χ3n) is 5.14. The Balaban J connectivity index is 1.80. The van der Waals surface area contributed by atoms with E-state index in [-0.39, 0.29) is 21.8 Å². The highest BCUT2D eigenvalue weighted by molar-refractivity contribution is 6.34. The predicted octanol–water partition coefficient (Wildman–Crippen LogP) is 5.55. The maximum Gasteiger partial charge on any atom is 0.356 e. The van der Waals surface area contributed by atoms with Crippen LogP contribution in [0.25, 0.3) is 21.9 Å². The van der Waals surface area contributed by atoms with Gasteiger partial charge in [-0.05, 0) is 41.3 Å². The fourth-order valence-electron chi connectivity index (χ4n) is 3.58. The van der Waals surface area contributed by atoms with E-state index in [9.17, 15) is 14.4 Å². The van der Waals surface area contributed by atoms with E-state index in [1.54, 1.807) is 72.8 Å². The summed E-state index contributed by atoms with van der Waals surface area (Å²) in [6.45, 7) is -0.510. The Labute approximate surface area is 193 Å². The number of aromatic nitrogens is 1. The van der Waals surface area contributed by atoms with Gasteiger partial charge in [0.15, 0.2) is 6.61 Å². The molecule has 0 saturated heterocycles. The number of Topliss-reactive ketones (excluding diaryl/α,β-unsaturated/α-hetero) is 1. The lowest BCUT2D eigenvalue weighted by Crippen LogP contribution is -2.27. The van der Waals surface area contributed by atoms with Gasteiger partial charge in [-0.1, -0.05) is 65.7 Å². The molecule has 1 aromatic heterocycles. The molecule has 160 valence electrons. The van der Waals surface area contributed by atoms with Gasteiger partial charge in [-0.3, -0.25) is 9.59 Å². The molecule has 0 unspecified atom stereocenters. The molecule has 32 heavy (non-hydrogen) atoms. The van der Waals surface area contributed by atoms with Crippen molar-refractivity contribution >= 4 is 45.7 Å². The average Bonchev–Trinajstić information content (AvgIpc) is 2.80. The summed E-state index contributed by atoms with van der Waals surface area (Å²) in [5, 5.41) is 1.87. The molecule has 0 atom stereocenters. The summed E-state index contributed by atoms with van der Waals surface area (Å²) in [6, 6.07) is 20.5. The van der Waals surface area contributed by atoms with Crippen LogP contribution in [0.5, 0.6) is 0 Å². The second kappa shape index (κ2) is 8.99. The molecule has 0 aliphatic carbocycles. The number of hydrogen-bond acceptors (Lipinski definition) is 4. The molecule has 1 heterocycles. The van der Waals surface area contributed by atoms with Crippen LogP contribution in [0.4, 0.5) is 0 Å². The zero-order valence-electron chi connectivity index (χ0n) is 17.0. The minimum absolute atomic E-state index is 0.0444. The fourth-order valence-corrected chi connectivity index (χ4v) is 3.94. The van der Waals surface area contributed by atoms with E-state index in [4.69, 9.17) is 27.9 Å². The van der Waals surface area contributed by atoms with E-state index in [0.29, 0.717) is 26.9 Å². The molecular weight excluding hydrogens is 449 g/mol. The molecule has 4 aromatic rings. The zero-order chi connectivity index (χ0) is 22.8. The standard InChI is InChI=1S/C25H17Cl2NO4/c1-28-23(25(31)32-14-21(29)19-8-4-5-9-20(19)27)22(15-10-12-16(26)13-11-15)17-6-2-3-7-18(17)24(28)30/h2-13H,14H2,1H3. The van der Waals surface area contributed by atoms with E-state index >= 15 is 0 Å². The lowest BCUT2D eigenvalue weighted by molar-refractivity contribution is 0.0465. The summed E-state index contributed by atoms with van der Waals surface area (Å²) < 4.78 is 6.58. The molecular formula is C25H17Cl2NO4. The Kier molecular flexibility index (Phi) is 6.12. The summed E-state index contributed by atoms with van der Waals surface area (Å²) >= 11 is 12.1. The highest BCUT2D eigenvalue weighted by Crippen LogP contribution is 2.32. The van der Waals surface area contributed by atoms with Crippen LogP contribution in [-0.4, -0.2) is 22.9 Å². The van der Waals surface area contributed by atoms with Gasteiger partial charge in [0.05, 0.1) is 5.02 Å². The lowest BCUT2D eigenvalue weighted by Gasteiger charge is -2.17. The highest BCUT2D eigenvalue weighted by Gasteiger charge is 2.24. The third kappa shape index (κ3) is 4.05. The molecule has 5 nitrogen and oxygen atoms in total. The van der Waals surface area contributed by atoms with Gasteiger partial charge in [0.1, 0.15) is 5.69 Å². The van der Waals surface area contributed by atoms with Gasteiger partial charge >= 0.3 is 5.97 Å². The van der Waals surface area contributed by atoms with Crippen molar-refractivity contribution in [2.45, 2.75) is 0 Å². The smallest absolute Gasteiger partial charge is 0.356 e. The largest absolute Gasteiger partial charge is 0.453 e. The van der Waals surface area contributed by atoms with Crippen molar-refractivity contribution in [2.24, 2.45) is 7.05 Å². The molecule has 3 aromatic carbocycles.